The van der Waals surface area contributed by atoms with Gasteiger partial charge in [-0.1, -0.05) is 30.7 Å². The van der Waals surface area contributed by atoms with Crippen LogP contribution in [0.15, 0.2) is 18.2 Å². The van der Waals surface area contributed by atoms with Crippen molar-refractivity contribution in [3.05, 3.63) is 34.9 Å². The summed E-state index contributed by atoms with van der Waals surface area (Å²) in [4.78, 5) is 41.0. The molecule has 8 heteroatoms. The molecule has 0 spiro atoms. The fraction of sp³-hybridized carbons (Fsp3) is 0.640. The second-order valence-electron chi connectivity index (χ2n) is 10.3. The first-order valence-corrected chi connectivity index (χ1v) is 11.5. The van der Waals surface area contributed by atoms with E-state index in [4.69, 9.17) is 4.74 Å². The van der Waals surface area contributed by atoms with Crippen molar-refractivity contribution < 1.29 is 24.2 Å². The average molecular weight is 462 g/mol. The molecule has 2 rings (SSSR count). The number of nitrogens with zero attached hydrogens (tertiary/aromatic N) is 1. The molecular formula is C25H39N3O5. The first-order chi connectivity index (χ1) is 15.2. The summed E-state index contributed by atoms with van der Waals surface area (Å²) < 4.78 is 5.26. The molecule has 0 bridgehead atoms. The fourth-order valence-corrected chi connectivity index (χ4v) is 3.90. The maximum absolute atomic E-state index is 13.7. The van der Waals surface area contributed by atoms with E-state index in [1.54, 1.807) is 20.8 Å². The predicted molar refractivity (Wildman–Crippen MR) is 127 cm³/mol. The minimum Gasteiger partial charge on any atom is -0.444 e. The molecule has 8 nitrogen and oxygen atoms in total. The monoisotopic (exact) mass is 461 g/mol. The number of aryl methyl sites for hydroxylation is 2. The molecule has 3 N–H and O–H groups in total. The molecule has 0 aromatic heterocycles. The molecule has 33 heavy (non-hydrogen) atoms. The Morgan fingerprint density at radius 3 is 2.24 bits per heavy atom. The summed E-state index contributed by atoms with van der Waals surface area (Å²) in [5, 5.41) is 15.4. The number of nitrogens with one attached hydrogen (secondary N) is 2. The Kier molecular flexibility index (Phi) is 8.52. The third-order valence-electron chi connectivity index (χ3n) is 5.53. The number of benzene rings is 1. The summed E-state index contributed by atoms with van der Waals surface area (Å²) in [5.74, 6) is -0.602. The molecule has 1 aromatic rings. The van der Waals surface area contributed by atoms with Crippen molar-refractivity contribution in [1.82, 2.24) is 15.5 Å². The Hall–Kier alpha value is -2.61. The summed E-state index contributed by atoms with van der Waals surface area (Å²) in [7, 11) is 0. The van der Waals surface area contributed by atoms with Gasteiger partial charge in [0.25, 0.3) is 0 Å². The SMILES string of the molecule is Cc1ccc(C(C(=O)NC(C)C)N(C(=O)C(CO)NC(=O)OC(C)(C)C)C2CC2C)c(C)c1. The van der Waals surface area contributed by atoms with Gasteiger partial charge in [0.1, 0.15) is 17.7 Å². The summed E-state index contributed by atoms with van der Waals surface area (Å²) >= 11 is 0. The Labute approximate surface area is 197 Å². The second-order valence-corrected chi connectivity index (χ2v) is 10.3. The van der Waals surface area contributed by atoms with Crippen LogP contribution < -0.4 is 10.6 Å². The number of carbonyl (C=O) groups excluding carboxylic acids is 3. The van der Waals surface area contributed by atoms with Gasteiger partial charge in [0.15, 0.2) is 0 Å². The number of aliphatic hydroxyl groups excluding tert-OH is 1. The highest BCUT2D eigenvalue weighted by Gasteiger charge is 2.48. The lowest BCUT2D eigenvalue weighted by atomic mass is 9.96. The van der Waals surface area contributed by atoms with E-state index in [9.17, 15) is 19.5 Å². The van der Waals surface area contributed by atoms with Gasteiger partial charge in [0, 0.05) is 12.1 Å². The molecule has 3 amide bonds. The van der Waals surface area contributed by atoms with Crippen LogP contribution in [-0.2, 0) is 14.3 Å². The average Bonchev–Trinajstić information content (AvgIpc) is 3.38. The minimum atomic E-state index is -1.23. The van der Waals surface area contributed by atoms with E-state index in [1.165, 1.54) is 4.90 Å². The van der Waals surface area contributed by atoms with E-state index in [1.807, 2.05) is 52.8 Å². The van der Waals surface area contributed by atoms with Gasteiger partial charge in [-0.2, -0.15) is 0 Å². The molecule has 0 heterocycles. The first-order valence-electron chi connectivity index (χ1n) is 11.5. The minimum absolute atomic E-state index is 0.118. The number of aliphatic hydroxyl groups is 1. The molecule has 1 aliphatic carbocycles. The lowest BCUT2D eigenvalue weighted by Gasteiger charge is -2.35. The smallest absolute Gasteiger partial charge is 0.408 e. The molecule has 1 aliphatic rings. The molecular weight excluding hydrogens is 422 g/mol. The summed E-state index contributed by atoms with van der Waals surface area (Å²) in [5.41, 5.74) is 1.92. The third kappa shape index (κ3) is 7.19. The van der Waals surface area contributed by atoms with Crippen LogP contribution in [0, 0.1) is 19.8 Å². The van der Waals surface area contributed by atoms with Crippen LogP contribution in [0.3, 0.4) is 0 Å². The largest absolute Gasteiger partial charge is 0.444 e. The van der Waals surface area contributed by atoms with Gasteiger partial charge in [-0.05, 0) is 71.9 Å². The van der Waals surface area contributed by atoms with Crippen molar-refractivity contribution in [1.29, 1.82) is 0 Å². The van der Waals surface area contributed by atoms with Gasteiger partial charge in [-0.3, -0.25) is 9.59 Å². The highest BCUT2D eigenvalue weighted by atomic mass is 16.6. The summed E-state index contributed by atoms with van der Waals surface area (Å²) in [6.45, 7) is 14.2. The number of ether oxygens (including phenoxy) is 1. The topological polar surface area (TPSA) is 108 Å². The van der Waals surface area contributed by atoms with E-state index in [2.05, 4.69) is 10.6 Å². The molecule has 1 saturated carbocycles. The Morgan fingerprint density at radius 2 is 1.79 bits per heavy atom. The van der Waals surface area contributed by atoms with Crippen LogP contribution in [0.4, 0.5) is 4.79 Å². The zero-order valence-corrected chi connectivity index (χ0v) is 21.1. The standard InChI is InChI=1S/C25H39N3O5/c1-14(2)26-22(30)21(18-10-9-15(3)11-16(18)4)28(20-12-17(20)5)23(31)19(13-29)27-24(32)33-25(6,7)8/h9-11,14,17,19-21,29H,12-13H2,1-8H3,(H,26,30)(H,27,32). The van der Waals surface area contributed by atoms with E-state index in [0.29, 0.717) is 0 Å². The van der Waals surface area contributed by atoms with Crippen molar-refractivity contribution in [2.75, 3.05) is 6.61 Å². The molecule has 0 radical (unpaired) electrons. The van der Waals surface area contributed by atoms with Gasteiger partial charge in [0.2, 0.25) is 11.8 Å². The lowest BCUT2D eigenvalue weighted by molar-refractivity contribution is -0.144. The van der Waals surface area contributed by atoms with E-state index < -0.39 is 36.3 Å². The lowest BCUT2D eigenvalue weighted by Crippen LogP contribution is -2.55. The van der Waals surface area contributed by atoms with Crippen LogP contribution in [-0.4, -0.2) is 58.2 Å². The first kappa shape index (κ1) is 26.6. The van der Waals surface area contributed by atoms with Crippen LogP contribution in [0.25, 0.3) is 0 Å². The van der Waals surface area contributed by atoms with Crippen LogP contribution >= 0.6 is 0 Å². The maximum atomic E-state index is 13.7. The third-order valence-corrected chi connectivity index (χ3v) is 5.53. The summed E-state index contributed by atoms with van der Waals surface area (Å²) in [6, 6.07) is 3.37. The van der Waals surface area contributed by atoms with Gasteiger partial charge >= 0.3 is 6.09 Å². The fourth-order valence-electron chi connectivity index (χ4n) is 3.90. The van der Waals surface area contributed by atoms with Crippen molar-refractivity contribution in [3.8, 4) is 0 Å². The molecule has 1 fully saturated rings. The van der Waals surface area contributed by atoms with Crippen LogP contribution in [0.2, 0.25) is 0 Å². The number of alkyl carbamates (subject to hydrolysis) is 1. The summed E-state index contributed by atoms with van der Waals surface area (Å²) in [6.07, 6.45) is -0.0550. The van der Waals surface area contributed by atoms with Crippen molar-refractivity contribution in [3.63, 3.8) is 0 Å². The number of carbonyl (C=O) groups is 3. The predicted octanol–water partition coefficient (Wildman–Crippen LogP) is 2.99. The number of rotatable bonds is 8. The quantitative estimate of drug-likeness (QED) is 0.552. The maximum Gasteiger partial charge on any atom is 0.408 e. The van der Waals surface area contributed by atoms with Crippen molar-refractivity contribution >= 4 is 17.9 Å². The molecule has 0 saturated heterocycles. The highest BCUT2D eigenvalue weighted by Crippen LogP contribution is 2.41. The highest BCUT2D eigenvalue weighted by molar-refractivity contribution is 5.93. The van der Waals surface area contributed by atoms with Crippen molar-refractivity contribution in [2.24, 2.45) is 5.92 Å². The van der Waals surface area contributed by atoms with Crippen molar-refractivity contribution in [2.45, 2.75) is 91.6 Å². The van der Waals surface area contributed by atoms with Crippen LogP contribution in [0.1, 0.15) is 70.7 Å². The number of hydrogen-bond donors (Lipinski definition) is 3. The van der Waals surface area contributed by atoms with E-state index >= 15 is 0 Å². The Balaban J connectivity index is 2.46. The van der Waals surface area contributed by atoms with Crippen LogP contribution in [0.5, 0.6) is 0 Å². The van der Waals surface area contributed by atoms with Gasteiger partial charge < -0.3 is 25.4 Å². The van der Waals surface area contributed by atoms with Gasteiger partial charge in [-0.25, -0.2) is 4.79 Å². The number of hydrogen-bond acceptors (Lipinski definition) is 5. The normalized spacial score (nSPS) is 19.5. The van der Waals surface area contributed by atoms with E-state index in [-0.39, 0.29) is 23.9 Å². The number of amides is 3. The Morgan fingerprint density at radius 1 is 1.18 bits per heavy atom. The molecule has 4 unspecified atom stereocenters. The molecule has 184 valence electrons. The second kappa shape index (κ2) is 10.5. The Bertz CT molecular complexity index is 877. The molecule has 1 aromatic carbocycles. The zero-order chi connectivity index (χ0) is 25.1. The zero-order valence-electron chi connectivity index (χ0n) is 21.1. The van der Waals surface area contributed by atoms with Gasteiger partial charge in [0.05, 0.1) is 6.61 Å². The van der Waals surface area contributed by atoms with E-state index in [0.717, 1.165) is 23.1 Å². The molecule has 4 atom stereocenters. The molecule has 0 aliphatic heterocycles. The van der Waals surface area contributed by atoms with Gasteiger partial charge in [-0.15, -0.1) is 0 Å².